The van der Waals surface area contributed by atoms with Gasteiger partial charge >= 0.3 is 5.97 Å². The van der Waals surface area contributed by atoms with Gasteiger partial charge in [0.25, 0.3) is 5.91 Å². The molecule has 0 spiro atoms. The average molecular weight is 316 g/mol. The number of H-pyrrole nitrogens is 1. The number of nitrogens with zero attached hydrogens (tertiary/aromatic N) is 2. The van der Waals surface area contributed by atoms with Crippen LogP contribution in [0.2, 0.25) is 0 Å². The standard InChI is InChI=1S/C15H16N4O4/c1-9(20)12-7-16-4-3-11(12)14(21)19-13(15(22)23-2)5-10-6-17-8-18-10/h3-4,6-8,13H,5H2,1-2H3,(H,17,18)(H,19,21)/t13-/m1/s1. The van der Waals surface area contributed by atoms with Crippen molar-refractivity contribution in [1.82, 2.24) is 20.3 Å². The summed E-state index contributed by atoms with van der Waals surface area (Å²) in [6, 6.07) is 0.525. The first-order chi connectivity index (χ1) is 11.0. The van der Waals surface area contributed by atoms with Crippen molar-refractivity contribution < 1.29 is 19.1 Å². The van der Waals surface area contributed by atoms with E-state index < -0.39 is 17.9 Å². The van der Waals surface area contributed by atoms with Crippen molar-refractivity contribution in [2.45, 2.75) is 19.4 Å². The molecule has 0 aliphatic heterocycles. The van der Waals surface area contributed by atoms with E-state index in [9.17, 15) is 14.4 Å². The summed E-state index contributed by atoms with van der Waals surface area (Å²) in [5.74, 6) is -1.43. The molecular formula is C15H16N4O4. The predicted molar refractivity (Wildman–Crippen MR) is 79.8 cm³/mol. The molecule has 0 aliphatic rings. The van der Waals surface area contributed by atoms with Crippen LogP contribution in [0.4, 0.5) is 0 Å². The van der Waals surface area contributed by atoms with Gasteiger partial charge in [0.05, 0.1) is 19.0 Å². The van der Waals surface area contributed by atoms with E-state index in [1.807, 2.05) is 0 Å². The van der Waals surface area contributed by atoms with Gasteiger partial charge in [-0.2, -0.15) is 0 Å². The second-order valence-corrected chi connectivity index (χ2v) is 4.81. The molecule has 1 amide bonds. The largest absolute Gasteiger partial charge is 0.467 e. The molecule has 2 rings (SSSR count). The van der Waals surface area contributed by atoms with Gasteiger partial charge in [-0.25, -0.2) is 9.78 Å². The molecule has 0 fully saturated rings. The van der Waals surface area contributed by atoms with E-state index in [4.69, 9.17) is 4.74 Å². The number of ether oxygens (including phenoxy) is 1. The highest BCUT2D eigenvalue weighted by molar-refractivity contribution is 6.07. The van der Waals surface area contributed by atoms with Crippen LogP contribution in [0, 0.1) is 0 Å². The van der Waals surface area contributed by atoms with Crippen LogP contribution in [-0.2, 0) is 16.0 Å². The zero-order chi connectivity index (χ0) is 16.8. The summed E-state index contributed by atoms with van der Waals surface area (Å²) in [6.45, 7) is 1.34. The Balaban J connectivity index is 2.20. The van der Waals surface area contributed by atoms with Crippen LogP contribution >= 0.6 is 0 Å². The number of imidazole rings is 1. The number of amides is 1. The van der Waals surface area contributed by atoms with Crippen molar-refractivity contribution in [3.63, 3.8) is 0 Å². The summed E-state index contributed by atoms with van der Waals surface area (Å²) >= 11 is 0. The summed E-state index contributed by atoms with van der Waals surface area (Å²) in [4.78, 5) is 46.4. The number of aromatic amines is 1. The highest BCUT2D eigenvalue weighted by Gasteiger charge is 2.24. The lowest BCUT2D eigenvalue weighted by Crippen LogP contribution is -2.43. The summed E-state index contributed by atoms with van der Waals surface area (Å²) in [7, 11) is 1.24. The van der Waals surface area contributed by atoms with Crippen LogP contribution in [0.5, 0.6) is 0 Å². The number of esters is 1. The van der Waals surface area contributed by atoms with Gasteiger partial charge in [-0.3, -0.25) is 14.6 Å². The molecule has 0 aromatic carbocycles. The SMILES string of the molecule is COC(=O)[C@@H](Cc1cnc[nH]1)NC(=O)c1ccncc1C(C)=O. The lowest BCUT2D eigenvalue weighted by molar-refractivity contribution is -0.142. The number of pyridine rings is 1. The number of hydrogen-bond acceptors (Lipinski definition) is 6. The molecule has 120 valence electrons. The van der Waals surface area contributed by atoms with E-state index in [1.165, 1.54) is 38.8 Å². The number of rotatable bonds is 6. The Hall–Kier alpha value is -3.03. The van der Waals surface area contributed by atoms with Crippen molar-refractivity contribution >= 4 is 17.7 Å². The molecule has 8 nitrogen and oxygen atoms in total. The van der Waals surface area contributed by atoms with Gasteiger partial charge in [-0.15, -0.1) is 0 Å². The minimum absolute atomic E-state index is 0.158. The van der Waals surface area contributed by atoms with E-state index in [2.05, 4.69) is 20.3 Å². The number of ketones is 1. The average Bonchev–Trinajstić information content (AvgIpc) is 3.06. The third-order valence-corrected chi connectivity index (χ3v) is 3.21. The molecule has 0 radical (unpaired) electrons. The lowest BCUT2D eigenvalue weighted by Gasteiger charge is -2.16. The fourth-order valence-electron chi connectivity index (χ4n) is 2.06. The molecule has 0 saturated carbocycles. The third kappa shape index (κ3) is 4.00. The summed E-state index contributed by atoms with van der Waals surface area (Å²) in [5.41, 5.74) is 1.02. The summed E-state index contributed by atoms with van der Waals surface area (Å²) < 4.78 is 4.71. The number of carbonyl (C=O) groups excluding carboxylic acids is 3. The summed E-state index contributed by atoms with van der Waals surface area (Å²) in [6.07, 6.45) is 5.94. The molecule has 2 aromatic rings. The van der Waals surface area contributed by atoms with E-state index >= 15 is 0 Å². The molecule has 0 aliphatic carbocycles. The first-order valence-corrected chi connectivity index (χ1v) is 6.83. The van der Waals surface area contributed by atoms with Gasteiger partial charge in [-0.1, -0.05) is 0 Å². The zero-order valence-corrected chi connectivity index (χ0v) is 12.7. The van der Waals surface area contributed by atoms with Gasteiger partial charge in [0.1, 0.15) is 6.04 Å². The minimum atomic E-state index is -0.902. The van der Waals surface area contributed by atoms with Crippen molar-refractivity contribution in [3.05, 3.63) is 47.8 Å². The van der Waals surface area contributed by atoms with Gasteiger partial charge in [0.2, 0.25) is 0 Å². The highest BCUT2D eigenvalue weighted by Crippen LogP contribution is 2.09. The first kappa shape index (κ1) is 16.3. The molecule has 0 bridgehead atoms. The Bertz CT molecular complexity index is 712. The molecule has 8 heteroatoms. The Morgan fingerprint density at radius 3 is 2.65 bits per heavy atom. The normalized spacial score (nSPS) is 11.6. The number of aromatic nitrogens is 3. The quantitative estimate of drug-likeness (QED) is 0.593. The van der Waals surface area contributed by atoms with Crippen LogP contribution in [0.15, 0.2) is 31.0 Å². The maximum Gasteiger partial charge on any atom is 0.328 e. The predicted octanol–water partition coefficient (Wildman–Crippen LogP) is 0.521. The number of Topliss-reactive ketones (excluding diaryl/α,β-unsaturated/α-hetero) is 1. The number of methoxy groups -OCH3 is 1. The molecule has 0 unspecified atom stereocenters. The van der Waals surface area contributed by atoms with Gasteiger partial charge in [0, 0.05) is 36.3 Å². The number of nitrogens with one attached hydrogen (secondary N) is 2. The Labute approximate surface area is 132 Å². The molecule has 2 N–H and O–H groups in total. The van der Waals surface area contributed by atoms with E-state index in [0.717, 1.165) is 0 Å². The smallest absolute Gasteiger partial charge is 0.328 e. The number of hydrogen-bond donors (Lipinski definition) is 2. The van der Waals surface area contributed by atoms with Crippen molar-refractivity contribution in [2.75, 3.05) is 7.11 Å². The Morgan fingerprint density at radius 1 is 1.26 bits per heavy atom. The Morgan fingerprint density at radius 2 is 2.04 bits per heavy atom. The lowest BCUT2D eigenvalue weighted by atomic mass is 10.1. The van der Waals surface area contributed by atoms with E-state index in [-0.39, 0.29) is 23.3 Å². The Kier molecular flexibility index (Phi) is 5.19. The first-order valence-electron chi connectivity index (χ1n) is 6.83. The van der Waals surface area contributed by atoms with Crippen LogP contribution in [0.3, 0.4) is 0 Å². The second-order valence-electron chi connectivity index (χ2n) is 4.81. The third-order valence-electron chi connectivity index (χ3n) is 3.21. The fraction of sp³-hybridized carbons (Fsp3) is 0.267. The van der Waals surface area contributed by atoms with Crippen LogP contribution in [-0.4, -0.2) is 45.8 Å². The van der Waals surface area contributed by atoms with Crippen molar-refractivity contribution in [1.29, 1.82) is 0 Å². The molecule has 2 aromatic heterocycles. The summed E-state index contributed by atoms with van der Waals surface area (Å²) in [5, 5.41) is 2.58. The molecule has 1 atom stereocenters. The molecule has 0 saturated heterocycles. The van der Waals surface area contributed by atoms with Crippen LogP contribution in [0.1, 0.15) is 33.3 Å². The minimum Gasteiger partial charge on any atom is -0.467 e. The van der Waals surface area contributed by atoms with Crippen molar-refractivity contribution in [2.24, 2.45) is 0 Å². The van der Waals surface area contributed by atoms with Crippen molar-refractivity contribution in [3.8, 4) is 0 Å². The van der Waals surface area contributed by atoms with Crippen LogP contribution < -0.4 is 5.32 Å². The zero-order valence-electron chi connectivity index (χ0n) is 12.7. The van der Waals surface area contributed by atoms with E-state index in [0.29, 0.717) is 5.69 Å². The van der Waals surface area contributed by atoms with Gasteiger partial charge in [-0.05, 0) is 13.0 Å². The van der Waals surface area contributed by atoms with Gasteiger partial charge < -0.3 is 15.0 Å². The monoisotopic (exact) mass is 316 g/mol. The van der Waals surface area contributed by atoms with E-state index in [1.54, 1.807) is 6.20 Å². The van der Waals surface area contributed by atoms with Crippen LogP contribution in [0.25, 0.3) is 0 Å². The van der Waals surface area contributed by atoms with Gasteiger partial charge in [0.15, 0.2) is 5.78 Å². The molecule has 23 heavy (non-hydrogen) atoms. The topological polar surface area (TPSA) is 114 Å². The highest BCUT2D eigenvalue weighted by atomic mass is 16.5. The maximum atomic E-state index is 12.4. The fourth-order valence-corrected chi connectivity index (χ4v) is 2.06. The molecule has 2 heterocycles. The molecular weight excluding hydrogens is 300 g/mol. The maximum absolute atomic E-state index is 12.4. The second kappa shape index (κ2) is 7.30. The number of carbonyl (C=O) groups is 3.